The normalized spacial score (nSPS) is 22.9. The van der Waals surface area contributed by atoms with Crippen LogP contribution < -0.4 is 5.32 Å². The number of alkyl halides is 3. The van der Waals surface area contributed by atoms with E-state index < -0.39 is 39.8 Å². The molecule has 4 heterocycles. The lowest BCUT2D eigenvalue weighted by atomic mass is 9.83. The average Bonchev–Trinajstić information content (AvgIpc) is 3.56. The van der Waals surface area contributed by atoms with Crippen molar-refractivity contribution in [2.45, 2.75) is 61.3 Å². The van der Waals surface area contributed by atoms with E-state index in [0.717, 1.165) is 43.1 Å². The van der Waals surface area contributed by atoms with Crippen LogP contribution in [0.3, 0.4) is 0 Å². The van der Waals surface area contributed by atoms with Crippen molar-refractivity contribution in [2.24, 2.45) is 5.92 Å². The monoisotopic (exact) mass is 561 g/mol. The van der Waals surface area contributed by atoms with Crippen molar-refractivity contribution in [1.82, 2.24) is 24.6 Å². The minimum Gasteiger partial charge on any atom is -0.349 e. The number of sulfonamides is 1. The maximum Gasteiger partial charge on any atom is 0.451 e. The predicted octanol–water partition coefficient (Wildman–Crippen LogP) is 4.04. The van der Waals surface area contributed by atoms with Crippen molar-refractivity contribution in [3.05, 3.63) is 71.8 Å². The van der Waals surface area contributed by atoms with Gasteiger partial charge in [0.2, 0.25) is 21.8 Å². The number of rotatable bonds is 7. The molecule has 2 saturated carbocycles. The Morgan fingerprint density at radius 2 is 1.69 bits per heavy atom. The van der Waals surface area contributed by atoms with Crippen LogP contribution in [0.15, 0.2) is 53.7 Å². The first-order valence-electron chi connectivity index (χ1n) is 12.5. The molecule has 0 unspecified atom stereocenters. The summed E-state index contributed by atoms with van der Waals surface area (Å²) >= 11 is 0. The molecule has 4 fully saturated rings. The van der Waals surface area contributed by atoms with E-state index in [4.69, 9.17) is 0 Å². The van der Waals surface area contributed by atoms with Gasteiger partial charge in [0.15, 0.2) is 0 Å². The molecule has 1 N–H and O–H groups in total. The standard InChI is InChI=1S/C26H23F4N5O3S/c27-18-3-5-21(6-4-18)39(37,38)35-20-8-16(9-20)23(35)24(36)31-13-19-7-15(10-22(34-19)14-1-2-14)17-11-32-25(33-12-17)26(28,29)30/h3-7,10-12,14,16,20,23H,1-2,8-9,13H2,(H,31,36)/t16?,20?,23-/m0/s1. The zero-order valence-corrected chi connectivity index (χ0v) is 21.2. The zero-order valence-electron chi connectivity index (χ0n) is 20.4. The molecule has 7 rings (SSSR count). The largest absolute Gasteiger partial charge is 0.451 e. The summed E-state index contributed by atoms with van der Waals surface area (Å²) < 4.78 is 79.9. The summed E-state index contributed by atoms with van der Waals surface area (Å²) in [5, 5.41) is 2.81. The molecule has 204 valence electrons. The van der Waals surface area contributed by atoms with Gasteiger partial charge in [-0.2, -0.15) is 17.5 Å². The summed E-state index contributed by atoms with van der Waals surface area (Å²) in [7, 11) is -4.01. The molecular weight excluding hydrogens is 538 g/mol. The van der Waals surface area contributed by atoms with Gasteiger partial charge in [-0.05, 0) is 73.6 Å². The number of pyridine rings is 1. The van der Waals surface area contributed by atoms with Crippen LogP contribution in [-0.4, -0.2) is 45.7 Å². The summed E-state index contributed by atoms with van der Waals surface area (Å²) in [4.78, 5) is 24.7. The third-order valence-corrected chi connectivity index (χ3v) is 9.41. The number of benzene rings is 1. The van der Waals surface area contributed by atoms with Crippen molar-refractivity contribution < 1.29 is 30.8 Å². The number of halogens is 4. The molecule has 2 bridgehead atoms. The smallest absolute Gasteiger partial charge is 0.349 e. The number of nitrogens with zero attached hydrogens (tertiary/aromatic N) is 4. The highest BCUT2D eigenvalue weighted by Gasteiger charge is 2.58. The van der Waals surface area contributed by atoms with Gasteiger partial charge in [0.25, 0.3) is 0 Å². The van der Waals surface area contributed by atoms with Gasteiger partial charge >= 0.3 is 6.18 Å². The minimum atomic E-state index is -4.65. The van der Waals surface area contributed by atoms with Crippen LogP contribution in [0.1, 0.15) is 48.8 Å². The van der Waals surface area contributed by atoms with Gasteiger partial charge in [-0.15, -0.1) is 0 Å². The van der Waals surface area contributed by atoms with Crippen molar-refractivity contribution in [3.63, 3.8) is 0 Å². The molecule has 2 saturated heterocycles. The number of carbonyl (C=O) groups excluding carboxylic acids is 1. The number of amides is 1. The Kier molecular flexibility index (Phi) is 6.18. The highest BCUT2D eigenvalue weighted by Crippen LogP contribution is 2.48. The van der Waals surface area contributed by atoms with E-state index in [1.54, 1.807) is 12.1 Å². The molecule has 1 atom stereocenters. The number of nitrogens with one attached hydrogen (secondary N) is 1. The molecule has 2 aliphatic carbocycles. The van der Waals surface area contributed by atoms with Gasteiger partial charge in [-0.1, -0.05) is 0 Å². The number of carbonyl (C=O) groups is 1. The summed E-state index contributed by atoms with van der Waals surface area (Å²) in [6.07, 6.45) is 0.588. The van der Waals surface area contributed by atoms with Crippen molar-refractivity contribution in [1.29, 1.82) is 0 Å². The SMILES string of the molecule is O=C(NCc1cc(-c2cnc(C(F)(F)F)nc2)cc(C2CC2)n1)[C@@H]1C2CC(C2)N1S(=O)(=O)c1ccc(F)cc1. The Balaban J connectivity index is 1.22. The first-order valence-corrected chi connectivity index (χ1v) is 13.9. The first-order chi connectivity index (χ1) is 18.5. The van der Waals surface area contributed by atoms with Crippen molar-refractivity contribution >= 4 is 15.9 Å². The van der Waals surface area contributed by atoms with E-state index in [1.807, 2.05) is 0 Å². The Labute approximate surface area is 221 Å². The molecule has 1 aromatic carbocycles. The van der Waals surface area contributed by atoms with E-state index in [1.165, 1.54) is 16.4 Å². The van der Waals surface area contributed by atoms with Crippen LogP contribution in [0.25, 0.3) is 11.1 Å². The molecule has 0 radical (unpaired) electrons. The molecule has 2 aromatic heterocycles. The number of hydrogen-bond donors (Lipinski definition) is 1. The highest BCUT2D eigenvalue weighted by atomic mass is 32.2. The van der Waals surface area contributed by atoms with Crippen LogP contribution in [0.5, 0.6) is 0 Å². The molecular formula is C26H23F4N5O3S. The lowest BCUT2D eigenvalue weighted by Gasteiger charge is -2.25. The fraction of sp³-hybridized carbons (Fsp3) is 0.385. The number of aromatic nitrogens is 3. The van der Waals surface area contributed by atoms with E-state index in [2.05, 4.69) is 20.3 Å². The molecule has 1 amide bonds. The summed E-state index contributed by atoms with van der Waals surface area (Å²) in [6.45, 7) is 0.00616. The summed E-state index contributed by atoms with van der Waals surface area (Å²) in [6, 6.07) is 6.78. The fourth-order valence-electron chi connectivity index (χ4n) is 5.30. The lowest BCUT2D eigenvalue weighted by Crippen LogP contribution is -2.46. The van der Waals surface area contributed by atoms with Crippen molar-refractivity contribution in [2.75, 3.05) is 0 Å². The first kappa shape index (κ1) is 25.8. The highest BCUT2D eigenvalue weighted by molar-refractivity contribution is 7.89. The minimum absolute atomic E-state index is 0.00616. The van der Waals surface area contributed by atoms with Crippen molar-refractivity contribution in [3.8, 4) is 11.1 Å². The Bertz CT molecular complexity index is 1520. The van der Waals surface area contributed by atoms with Gasteiger partial charge < -0.3 is 5.32 Å². The molecule has 13 heteroatoms. The molecule has 4 aliphatic rings. The Morgan fingerprint density at radius 1 is 1.03 bits per heavy atom. The summed E-state index contributed by atoms with van der Waals surface area (Å²) in [5.41, 5.74) is 2.21. The fourth-order valence-corrected chi connectivity index (χ4v) is 7.15. The second kappa shape index (κ2) is 9.33. The molecule has 0 spiro atoms. The average molecular weight is 562 g/mol. The van der Waals surface area contributed by atoms with E-state index in [9.17, 15) is 30.8 Å². The molecule has 2 aliphatic heterocycles. The van der Waals surface area contributed by atoms with E-state index in [0.29, 0.717) is 29.7 Å². The van der Waals surface area contributed by atoms with E-state index >= 15 is 0 Å². The van der Waals surface area contributed by atoms with Crippen LogP contribution in [0.2, 0.25) is 0 Å². The lowest BCUT2D eigenvalue weighted by molar-refractivity contribution is -0.145. The topological polar surface area (TPSA) is 105 Å². The van der Waals surface area contributed by atoms with Crippen LogP contribution in [0.4, 0.5) is 17.6 Å². The predicted molar refractivity (Wildman–Crippen MR) is 130 cm³/mol. The number of fused-ring (bicyclic) bond motifs is 1. The maximum absolute atomic E-state index is 13.4. The summed E-state index contributed by atoms with van der Waals surface area (Å²) in [5.74, 6) is -2.13. The van der Waals surface area contributed by atoms with Gasteiger partial charge in [-0.3, -0.25) is 9.78 Å². The quantitative estimate of drug-likeness (QED) is 0.437. The zero-order chi connectivity index (χ0) is 27.5. The third-order valence-electron chi connectivity index (χ3n) is 7.46. The molecule has 3 aromatic rings. The second-order valence-electron chi connectivity index (χ2n) is 10.2. The molecule has 8 nitrogen and oxygen atoms in total. The Morgan fingerprint density at radius 3 is 2.31 bits per heavy atom. The van der Waals surface area contributed by atoms with Gasteiger partial charge in [0.05, 0.1) is 17.1 Å². The second-order valence-corrected chi connectivity index (χ2v) is 12.0. The number of hydrogen-bond acceptors (Lipinski definition) is 6. The molecule has 39 heavy (non-hydrogen) atoms. The van der Waals surface area contributed by atoms with E-state index in [-0.39, 0.29) is 29.3 Å². The van der Waals surface area contributed by atoms with Crippen LogP contribution in [-0.2, 0) is 27.5 Å². The van der Waals surface area contributed by atoms with Gasteiger partial charge in [0.1, 0.15) is 11.9 Å². The van der Waals surface area contributed by atoms with Crippen LogP contribution in [0, 0.1) is 11.7 Å². The third kappa shape index (κ3) is 4.89. The maximum atomic E-state index is 13.4. The van der Waals surface area contributed by atoms with Gasteiger partial charge in [0, 0.05) is 35.6 Å². The van der Waals surface area contributed by atoms with Crippen LogP contribution >= 0.6 is 0 Å². The Hall–Kier alpha value is -3.45. The van der Waals surface area contributed by atoms with Gasteiger partial charge in [-0.25, -0.2) is 22.8 Å².